The number of aromatic carboxylic acids is 1. The third kappa shape index (κ3) is 3.34. The van der Waals surface area contributed by atoms with E-state index >= 15 is 0 Å². The quantitative estimate of drug-likeness (QED) is 0.308. The number of carboxylic acid groups (broad SMARTS) is 1. The normalized spacial score (nSPS) is 14.8. The van der Waals surface area contributed by atoms with Crippen molar-refractivity contribution in [3.05, 3.63) is 63.7 Å². The van der Waals surface area contributed by atoms with Crippen molar-refractivity contribution >= 4 is 23.0 Å². The first-order valence-corrected chi connectivity index (χ1v) is 9.31. The largest absolute Gasteiger partial charge is 0.507 e. The number of nitrogens with zero attached hydrogens (tertiary/aromatic N) is 1. The van der Waals surface area contributed by atoms with Gasteiger partial charge in [-0.25, -0.2) is 22.4 Å². The molecule has 9 heteroatoms. The Labute approximate surface area is 175 Å². The van der Waals surface area contributed by atoms with Crippen LogP contribution >= 0.6 is 0 Å². The Morgan fingerprint density at radius 2 is 1.55 bits per heavy atom. The number of anilines is 1. The third-order valence-corrected chi connectivity index (χ3v) is 5.36. The molecule has 0 aromatic heterocycles. The highest BCUT2D eigenvalue weighted by molar-refractivity contribution is 6.16. The molecule has 31 heavy (non-hydrogen) atoms. The van der Waals surface area contributed by atoms with E-state index in [4.69, 9.17) is 0 Å². The fourth-order valence-electron chi connectivity index (χ4n) is 4.05. The number of hydrogen-bond acceptors (Lipinski definition) is 4. The number of likely N-dealkylation sites (N-methyl/N-ethyl adjacent to an activating group) is 1. The lowest BCUT2D eigenvalue weighted by Gasteiger charge is -2.43. The van der Waals surface area contributed by atoms with Gasteiger partial charge < -0.3 is 15.1 Å². The van der Waals surface area contributed by atoms with Crippen LogP contribution in [0, 0.1) is 23.3 Å². The zero-order valence-corrected chi connectivity index (χ0v) is 17.1. The lowest BCUT2D eigenvalue weighted by molar-refractivity contribution is 0.0684. The van der Waals surface area contributed by atoms with E-state index in [2.05, 4.69) is 0 Å². The number of ketones is 1. The molecule has 164 valence electrons. The van der Waals surface area contributed by atoms with Gasteiger partial charge in [-0.1, -0.05) is 6.08 Å². The molecule has 2 aromatic carbocycles. The topological polar surface area (TPSA) is 77.8 Å². The van der Waals surface area contributed by atoms with Gasteiger partial charge in [0.15, 0.2) is 23.3 Å². The number of carbonyl (C=O) groups is 2. The molecule has 1 aliphatic rings. The average Bonchev–Trinajstić information content (AvgIpc) is 2.67. The zero-order chi connectivity index (χ0) is 23.4. The van der Waals surface area contributed by atoms with Gasteiger partial charge in [-0.15, -0.1) is 0 Å². The summed E-state index contributed by atoms with van der Waals surface area (Å²) in [5.41, 5.74) is -2.38. The number of carboxylic acids is 1. The second kappa shape index (κ2) is 7.40. The van der Waals surface area contributed by atoms with Crippen molar-refractivity contribution in [3.63, 3.8) is 0 Å². The molecule has 0 saturated heterocycles. The summed E-state index contributed by atoms with van der Waals surface area (Å²) in [6, 6.07) is 2.44. The average molecular weight is 437 g/mol. The van der Waals surface area contributed by atoms with Gasteiger partial charge in [0.1, 0.15) is 11.3 Å². The van der Waals surface area contributed by atoms with Gasteiger partial charge in [-0.05, 0) is 39.3 Å². The molecule has 0 unspecified atom stereocenters. The van der Waals surface area contributed by atoms with E-state index in [1.165, 1.54) is 12.1 Å². The predicted octanol–water partition coefficient (Wildman–Crippen LogP) is 4.90. The zero-order valence-electron chi connectivity index (χ0n) is 17.1. The van der Waals surface area contributed by atoms with E-state index in [0.717, 1.165) is 0 Å². The van der Waals surface area contributed by atoms with Gasteiger partial charge in [0.2, 0.25) is 5.78 Å². The summed E-state index contributed by atoms with van der Waals surface area (Å²) in [6.45, 7) is 8.06. The molecule has 2 aromatic rings. The summed E-state index contributed by atoms with van der Waals surface area (Å²) < 4.78 is 55.8. The number of benzene rings is 2. The highest BCUT2D eigenvalue weighted by Crippen LogP contribution is 2.42. The third-order valence-electron chi connectivity index (χ3n) is 5.36. The molecule has 0 radical (unpaired) electrons. The number of phenols is 1. The Hall–Kier alpha value is -3.36. The molecule has 0 bridgehead atoms. The fourth-order valence-corrected chi connectivity index (χ4v) is 4.05. The highest BCUT2D eigenvalue weighted by Gasteiger charge is 2.36. The maximum atomic E-state index is 14.4. The Bertz CT molecular complexity index is 1170. The number of aromatic hydroxyl groups is 1. The Kier molecular flexibility index (Phi) is 5.33. The van der Waals surface area contributed by atoms with Gasteiger partial charge in [-0.3, -0.25) is 4.79 Å². The number of carbonyl (C=O) groups excluding carboxylic acids is 1. The SMILES string of the molecule is CCN1c2cc(O)c(C(=O)c3c(F)c(F)c(F)c(F)c3C(=O)O)cc2C(C)=CC1(C)C. The van der Waals surface area contributed by atoms with Gasteiger partial charge in [-0.2, -0.15) is 0 Å². The van der Waals surface area contributed by atoms with Crippen LogP contribution in [0.2, 0.25) is 0 Å². The number of halogens is 4. The Morgan fingerprint density at radius 1 is 1.00 bits per heavy atom. The van der Waals surface area contributed by atoms with Crippen molar-refractivity contribution in [2.24, 2.45) is 0 Å². The van der Waals surface area contributed by atoms with Crippen molar-refractivity contribution in [1.29, 1.82) is 0 Å². The molecule has 1 heterocycles. The van der Waals surface area contributed by atoms with Crippen LogP contribution in [-0.2, 0) is 0 Å². The molecular formula is C22H19F4NO4. The summed E-state index contributed by atoms with van der Waals surface area (Å²) in [6.07, 6.45) is 1.91. The molecule has 0 spiro atoms. The number of phenolic OH excluding ortho intramolecular Hbond substituents is 1. The van der Waals surface area contributed by atoms with Crippen LogP contribution in [0.15, 0.2) is 18.2 Å². The van der Waals surface area contributed by atoms with Crippen LogP contribution in [0.4, 0.5) is 23.2 Å². The molecule has 1 aliphatic heterocycles. The summed E-state index contributed by atoms with van der Waals surface area (Å²) in [7, 11) is 0. The first-order valence-electron chi connectivity index (χ1n) is 9.31. The van der Waals surface area contributed by atoms with Crippen LogP contribution in [0.1, 0.15) is 59.5 Å². The van der Waals surface area contributed by atoms with Crippen LogP contribution < -0.4 is 4.90 Å². The number of hydrogen-bond donors (Lipinski definition) is 2. The number of allylic oxidation sites excluding steroid dienone is 1. The van der Waals surface area contributed by atoms with Gasteiger partial charge in [0.05, 0.1) is 16.7 Å². The lowest BCUT2D eigenvalue weighted by Crippen LogP contribution is -2.44. The highest BCUT2D eigenvalue weighted by atomic mass is 19.2. The fraction of sp³-hybridized carbons (Fsp3) is 0.273. The van der Waals surface area contributed by atoms with E-state index in [-0.39, 0.29) is 0 Å². The molecule has 3 rings (SSSR count). The molecule has 2 N–H and O–H groups in total. The first kappa shape index (κ1) is 22.3. The minimum absolute atomic E-state index is 0.421. The van der Waals surface area contributed by atoms with Crippen LogP contribution in [0.3, 0.4) is 0 Å². The second-order valence-corrected chi connectivity index (χ2v) is 7.75. The number of rotatable bonds is 4. The Morgan fingerprint density at radius 3 is 2.06 bits per heavy atom. The molecule has 0 atom stereocenters. The summed E-state index contributed by atoms with van der Waals surface area (Å²) in [5.74, 6) is -13.3. The summed E-state index contributed by atoms with van der Waals surface area (Å²) in [5, 5.41) is 19.7. The van der Waals surface area contributed by atoms with Gasteiger partial charge in [0.25, 0.3) is 0 Å². The molecule has 0 saturated carbocycles. The van der Waals surface area contributed by atoms with Crippen LogP contribution in [0.25, 0.3) is 5.57 Å². The molecule has 0 amide bonds. The van der Waals surface area contributed by atoms with Crippen molar-refractivity contribution in [2.45, 2.75) is 33.2 Å². The maximum Gasteiger partial charge on any atom is 0.339 e. The van der Waals surface area contributed by atoms with Gasteiger partial charge in [0, 0.05) is 23.9 Å². The standard InChI is InChI=1S/C22H19F4NO4/c1-5-27-12-7-13(28)11(6-10(12)9(2)8-22(27,3)4)20(29)14-15(21(30)31)17(24)19(26)18(25)16(14)23/h6-8,28H,5H2,1-4H3,(H,30,31). The molecule has 5 nitrogen and oxygen atoms in total. The number of fused-ring (bicyclic) bond motifs is 1. The van der Waals surface area contributed by atoms with Crippen LogP contribution in [-0.4, -0.2) is 34.0 Å². The monoisotopic (exact) mass is 437 g/mol. The first-order chi connectivity index (χ1) is 14.3. The Balaban J connectivity index is 2.29. The molecule has 0 fully saturated rings. The van der Waals surface area contributed by atoms with Crippen LogP contribution in [0.5, 0.6) is 5.75 Å². The molecular weight excluding hydrogens is 418 g/mol. The van der Waals surface area contributed by atoms with Crippen molar-refractivity contribution in [2.75, 3.05) is 11.4 Å². The van der Waals surface area contributed by atoms with Crippen molar-refractivity contribution in [3.8, 4) is 5.75 Å². The summed E-state index contributed by atoms with van der Waals surface area (Å²) >= 11 is 0. The smallest absolute Gasteiger partial charge is 0.339 e. The summed E-state index contributed by atoms with van der Waals surface area (Å²) in [4.78, 5) is 26.3. The predicted molar refractivity (Wildman–Crippen MR) is 106 cm³/mol. The van der Waals surface area contributed by atoms with E-state index in [9.17, 15) is 37.4 Å². The minimum Gasteiger partial charge on any atom is -0.507 e. The van der Waals surface area contributed by atoms with E-state index in [1.54, 1.807) is 6.92 Å². The van der Waals surface area contributed by atoms with E-state index < -0.39 is 63.0 Å². The molecule has 0 aliphatic carbocycles. The second-order valence-electron chi connectivity index (χ2n) is 7.75. The van der Waals surface area contributed by atoms with Gasteiger partial charge >= 0.3 is 5.97 Å². The van der Waals surface area contributed by atoms with Crippen molar-refractivity contribution < 1.29 is 37.4 Å². The van der Waals surface area contributed by atoms with E-state index in [0.29, 0.717) is 23.4 Å². The van der Waals surface area contributed by atoms with E-state index in [1.807, 2.05) is 31.7 Å². The minimum atomic E-state index is -2.35. The maximum absolute atomic E-state index is 14.4. The van der Waals surface area contributed by atoms with Crippen molar-refractivity contribution in [1.82, 2.24) is 0 Å². The lowest BCUT2D eigenvalue weighted by atomic mass is 9.86.